The number of hydrogen-bond acceptors (Lipinski definition) is 1. The van der Waals surface area contributed by atoms with Gasteiger partial charge in [-0.25, -0.2) is 4.98 Å². The second kappa shape index (κ2) is 6.69. The van der Waals surface area contributed by atoms with Crippen LogP contribution < -0.4 is 0 Å². The number of H-pyrrole nitrogens is 1. The Balaban J connectivity index is 1.86. The molecule has 3 aromatic carbocycles. The monoisotopic (exact) mass is 388 g/mol. The van der Waals surface area contributed by atoms with E-state index >= 15 is 0 Å². The standard InChI is InChI=1S/C22H17BrN2/c1-15-20(13-19(23)14-21(15)22-24-10-11-25-22)18-9-5-8-17(12-18)16-6-3-2-4-7-16/h2-14H,1H3,(H,24,25). The number of imidazole rings is 1. The zero-order valence-corrected chi connectivity index (χ0v) is 15.4. The van der Waals surface area contributed by atoms with Gasteiger partial charge >= 0.3 is 0 Å². The van der Waals surface area contributed by atoms with Gasteiger partial charge in [0.2, 0.25) is 0 Å². The Hall–Kier alpha value is -2.65. The first-order chi connectivity index (χ1) is 12.2. The molecular formula is C22H17BrN2. The van der Waals surface area contributed by atoms with Crippen LogP contribution in [0.15, 0.2) is 83.6 Å². The molecule has 1 aromatic heterocycles. The van der Waals surface area contributed by atoms with Crippen molar-refractivity contribution in [2.45, 2.75) is 6.92 Å². The predicted molar refractivity (Wildman–Crippen MR) is 107 cm³/mol. The summed E-state index contributed by atoms with van der Waals surface area (Å²) < 4.78 is 1.05. The Kier molecular flexibility index (Phi) is 4.24. The van der Waals surface area contributed by atoms with Crippen molar-refractivity contribution in [1.29, 1.82) is 0 Å². The van der Waals surface area contributed by atoms with Crippen molar-refractivity contribution < 1.29 is 0 Å². The van der Waals surface area contributed by atoms with Gasteiger partial charge in [0.25, 0.3) is 0 Å². The van der Waals surface area contributed by atoms with E-state index in [2.05, 4.69) is 93.5 Å². The maximum atomic E-state index is 4.41. The Morgan fingerprint density at radius 1 is 0.800 bits per heavy atom. The van der Waals surface area contributed by atoms with E-state index in [9.17, 15) is 0 Å². The van der Waals surface area contributed by atoms with E-state index in [1.54, 1.807) is 6.20 Å². The van der Waals surface area contributed by atoms with Crippen LogP contribution in [0.5, 0.6) is 0 Å². The fourth-order valence-electron chi connectivity index (χ4n) is 3.13. The van der Waals surface area contributed by atoms with E-state index in [4.69, 9.17) is 0 Å². The van der Waals surface area contributed by atoms with E-state index in [0.717, 1.165) is 15.9 Å². The summed E-state index contributed by atoms with van der Waals surface area (Å²) in [6, 6.07) is 23.4. The van der Waals surface area contributed by atoms with Crippen LogP contribution in [0.3, 0.4) is 0 Å². The molecule has 0 atom stereocenters. The van der Waals surface area contributed by atoms with Crippen LogP contribution in [-0.4, -0.2) is 9.97 Å². The van der Waals surface area contributed by atoms with Crippen LogP contribution in [0.25, 0.3) is 33.6 Å². The molecule has 0 saturated heterocycles. The average Bonchev–Trinajstić information content (AvgIpc) is 3.19. The fourth-order valence-corrected chi connectivity index (χ4v) is 3.59. The number of nitrogens with one attached hydrogen (secondary N) is 1. The predicted octanol–water partition coefficient (Wildman–Crippen LogP) is 6.48. The largest absolute Gasteiger partial charge is 0.345 e. The summed E-state index contributed by atoms with van der Waals surface area (Å²) in [5, 5.41) is 0. The molecule has 2 nitrogen and oxygen atoms in total. The summed E-state index contributed by atoms with van der Waals surface area (Å²) in [7, 11) is 0. The molecular weight excluding hydrogens is 372 g/mol. The molecule has 3 heteroatoms. The zero-order valence-electron chi connectivity index (χ0n) is 13.8. The minimum atomic E-state index is 0.888. The van der Waals surface area contributed by atoms with Gasteiger partial charge in [-0.3, -0.25) is 0 Å². The number of aromatic amines is 1. The highest BCUT2D eigenvalue weighted by Gasteiger charge is 2.12. The average molecular weight is 389 g/mol. The molecule has 0 bridgehead atoms. The molecule has 0 radical (unpaired) electrons. The second-order valence-electron chi connectivity index (χ2n) is 6.01. The molecule has 122 valence electrons. The molecule has 0 unspecified atom stereocenters. The highest BCUT2D eigenvalue weighted by Crippen LogP contribution is 2.35. The second-order valence-corrected chi connectivity index (χ2v) is 6.93. The van der Waals surface area contributed by atoms with Crippen LogP contribution in [0.4, 0.5) is 0 Å². The highest BCUT2D eigenvalue weighted by atomic mass is 79.9. The van der Waals surface area contributed by atoms with Gasteiger partial charge in [-0.2, -0.15) is 0 Å². The fraction of sp³-hybridized carbons (Fsp3) is 0.0455. The van der Waals surface area contributed by atoms with Gasteiger partial charge in [0, 0.05) is 22.4 Å². The van der Waals surface area contributed by atoms with Crippen molar-refractivity contribution in [3.63, 3.8) is 0 Å². The van der Waals surface area contributed by atoms with Crippen LogP contribution in [0, 0.1) is 6.92 Å². The number of benzene rings is 3. The van der Waals surface area contributed by atoms with Crippen LogP contribution in [0.2, 0.25) is 0 Å². The quantitative estimate of drug-likeness (QED) is 0.427. The van der Waals surface area contributed by atoms with Crippen molar-refractivity contribution in [3.8, 4) is 33.6 Å². The van der Waals surface area contributed by atoms with Crippen LogP contribution in [0.1, 0.15) is 5.56 Å². The third-order valence-corrected chi connectivity index (χ3v) is 4.86. The number of rotatable bonds is 3. The van der Waals surface area contributed by atoms with Crippen LogP contribution >= 0.6 is 15.9 Å². The van der Waals surface area contributed by atoms with Crippen LogP contribution in [-0.2, 0) is 0 Å². The van der Waals surface area contributed by atoms with Gasteiger partial charge < -0.3 is 4.98 Å². The third-order valence-electron chi connectivity index (χ3n) is 4.41. The van der Waals surface area contributed by atoms with Gasteiger partial charge in [0.05, 0.1) is 0 Å². The molecule has 0 aliphatic rings. The summed E-state index contributed by atoms with van der Waals surface area (Å²) in [5.41, 5.74) is 7.18. The number of halogens is 1. The van der Waals surface area contributed by atoms with Gasteiger partial charge in [0.1, 0.15) is 5.82 Å². The lowest BCUT2D eigenvalue weighted by atomic mass is 9.94. The van der Waals surface area contributed by atoms with Crippen molar-refractivity contribution in [2.75, 3.05) is 0 Å². The molecule has 0 spiro atoms. The minimum Gasteiger partial charge on any atom is -0.345 e. The molecule has 0 aliphatic heterocycles. The first-order valence-corrected chi connectivity index (χ1v) is 8.97. The first kappa shape index (κ1) is 15.9. The summed E-state index contributed by atoms with van der Waals surface area (Å²) in [6.07, 6.45) is 3.64. The van der Waals surface area contributed by atoms with Gasteiger partial charge in [0.15, 0.2) is 0 Å². The number of nitrogens with zero attached hydrogens (tertiary/aromatic N) is 1. The third kappa shape index (κ3) is 3.15. The van der Waals surface area contributed by atoms with E-state index in [1.807, 2.05) is 12.3 Å². The lowest BCUT2D eigenvalue weighted by Gasteiger charge is -2.13. The van der Waals surface area contributed by atoms with E-state index in [-0.39, 0.29) is 0 Å². The zero-order chi connectivity index (χ0) is 17.2. The number of hydrogen-bond donors (Lipinski definition) is 1. The Morgan fingerprint density at radius 2 is 1.52 bits per heavy atom. The molecule has 0 aliphatic carbocycles. The Morgan fingerprint density at radius 3 is 2.28 bits per heavy atom. The van der Waals surface area contributed by atoms with Crippen molar-refractivity contribution >= 4 is 15.9 Å². The normalized spacial score (nSPS) is 10.8. The lowest BCUT2D eigenvalue weighted by Crippen LogP contribution is -1.91. The summed E-state index contributed by atoms with van der Waals surface area (Å²) in [5.74, 6) is 0.888. The lowest BCUT2D eigenvalue weighted by molar-refractivity contribution is 1.28. The van der Waals surface area contributed by atoms with E-state index in [1.165, 1.54) is 27.8 Å². The topological polar surface area (TPSA) is 28.7 Å². The highest BCUT2D eigenvalue weighted by molar-refractivity contribution is 9.10. The SMILES string of the molecule is Cc1c(-c2cccc(-c3ccccc3)c2)cc(Br)cc1-c1ncc[nH]1. The van der Waals surface area contributed by atoms with E-state index in [0.29, 0.717) is 0 Å². The Bertz CT molecular complexity index is 1010. The molecule has 0 fully saturated rings. The molecule has 4 rings (SSSR count). The van der Waals surface area contributed by atoms with Gasteiger partial charge in [-0.1, -0.05) is 64.5 Å². The molecule has 0 amide bonds. The molecule has 1 N–H and O–H groups in total. The maximum Gasteiger partial charge on any atom is 0.137 e. The summed E-state index contributed by atoms with van der Waals surface area (Å²) in [6.45, 7) is 2.15. The van der Waals surface area contributed by atoms with Gasteiger partial charge in [-0.15, -0.1) is 0 Å². The van der Waals surface area contributed by atoms with Crippen molar-refractivity contribution in [3.05, 3.63) is 89.2 Å². The Labute approximate surface area is 155 Å². The summed E-state index contributed by atoms with van der Waals surface area (Å²) in [4.78, 5) is 7.62. The summed E-state index contributed by atoms with van der Waals surface area (Å²) >= 11 is 3.65. The first-order valence-electron chi connectivity index (χ1n) is 8.18. The minimum absolute atomic E-state index is 0.888. The van der Waals surface area contributed by atoms with Crippen molar-refractivity contribution in [2.24, 2.45) is 0 Å². The van der Waals surface area contributed by atoms with E-state index < -0.39 is 0 Å². The molecule has 1 heterocycles. The number of aromatic nitrogens is 2. The molecule has 0 saturated carbocycles. The molecule has 25 heavy (non-hydrogen) atoms. The smallest absolute Gasteiger partial charge is 0.137 e. The maximum absolute atomic E-state index is 4.41. The van der Waals surface area contributed by atoms with Crippen molar-refractivity contribution in [1.82, 2.24) is 9.97 Å². The van der Waals surface area contributed by atoms with Gasteiger partial charge in [-0.05, 0) is 52.9 Å². The molecule has 4 aromatic rings.